The molecule has 0 bridgehead atoms. The van der Waals surface area contributed by atoms with Gasteiger partial charge in [0, 0.05) is 24.7 Å². The fourth-order valence-corrected chi connectivity index (χ4v) is 3.71. The maximum Gasteiger partial charge on any atom is 0.275 e. The van der Waals surface area contributed by atoms with E-state index in [4.69, 9.17) is 0 Å². The molecule has 0 saturated heterocycles. The first-order chi connectivity index (χ1) is 15.3. The molecule has 0 radical (unpaired) electrons. The number of unbranched alkanes of at least 4 members (excludes halogenated alkanes) is 2. The zero-order valence-corrected chi connectivity index (χ0v) is 19.1. The van der Waals surface area contributed by atoms with Gasteiger partial charge in [-0.3, -0.25) is 14.4 Å². The first-order valence-corrected chi connectivity index (χ1v) is 10.9. The van der Waals surface area contributed by atoms with E-state index in [2.05, 4.69) is 17.3 Å². The Balaban J connectivity index is 1.85. The van der Waals surface area contributed by atoms with Crippen LogP contribution in [0.2, 0.25) is 0 Å². The number of nitrogens with one attached hydrogen (secondary N) is 1. The van der Waals surface area contributed by atoms with Crippen molar-refractivity contribution in [3.05, 3.63) is 69.6 Å². The minimum Gasteiger partial charge on any atom is -0.331 e. The van der Waals surface area contributed by atoms with E-state index >= 15 is 0 Å². The van der Waals surface area contributed by atoms with Crippen molar-refractivity contribution in [1.82, 2.24) is 14.7 Å². The monoisotopic (exact) mass is 434 g/mol. The maximum absolute atomic E-state index is 13.2. The Morgan fingerprint density at radius 1 is 1.00 bits per heavy atom. The predicted octanol–water partition coefficient (Wildman–Crippen LogP) is 3.91. The standard InChI is InChI=1S/C25H30N4O3/c1-5-6-9-15-29-24(31)20-14-8-7-13-19(20)23(27-29)25(32)28(4)16-21(30)26-22-17(2)11-10-12-18(22)3/h7-8,10-14H,5-6,9,15-16H2,1-4H3,(H,26,30). The zero-order chi connectivity index (χ0) is 23.3. The lowest BCUT2D eigenvalue weighted by Crippen LogP contribution is -2.37. The number of aryl methyl sites for hydroxylation is 3. The van der Waals surface area contributed by atoms with Crippen molar-refractivity contribution >= 4 is 28.3 Å². The van der Waals surface area contributed by atoms with E-state index in [-0.39, 0.29) is 23.7 Å². The van der Waals surface area contributed by atoms with E-state index in [0.29, 0.717) is 17.3 Å². The number of rotatable bonds is 8. The Bertz CT molecular complexity index is 1180. The number of amides is 2. The van der Waals surface area contributed by atoms with Crippen LogP contribution in [0, 0.1) is 13.8 Å². The number of likely N-dealkylation sites (N-methyl/N-ethyl adjacent to an activating group) is 1. The first kappa shape index (κ1) is 23.2. The summed E-state index contributed by atoms with van der Waals surface area (Å²) in [6.07, 6.45) is 2.80. The average Bonchev–Trinajstić information content (AvgIpc) is 2.77. The summed E-state index contributed by atoms with van der Waals surface area (Å²) in [4.78, 5) is 40.0. The minimum atomic E-state index is -0.401. The SMILES string of the molecule is CCCCCn1nc(C(=O)N(C)CC(=O)Nc2c(C)cccc2C)c2ccccc2c1=O. The van der Waals surface area contributed by atoms with Crippen LogP contribution in [0.4, 0.5) is 5.69 Å². The summed E-state index contributed by atoms with van der Waals surface area (Å²) >= 11 is 0. The summed E-state index contributed by atoms with van der Waals surface area (Å²) in [5, 5.41) is 8.24. The first-order valence-electron chi connectivity index (χ1n) is 10.9. The molecule has 1 aromatic heterocycles. The van der Waals surface area contributed by atoms with Gasteiger partial charge in [0.15, 0.2) is 5.69 Å². The minimum absolute atomic E-state index is 0.127. The highest BCUT2D eigenvalue weighted by Gasteiger charge is 2.22. The van der Waals surface area contributed by atoms with Crippen LogP contribution in [0.25, 0.3) is 10.8 Å². The molecule has 0 saturated carbocycles. The van der Waals surface area contributed by atoms with Crippen molar-refractivity contribution < 1.29 is 9.59 Å². The van der Waals surface area contributed by atoms with E-state index in [0.717, 1.165) is 36.1 Å². The topological polar surface area (TPSA) is 84.3 Å². The van der Waals surface area contributed by atoms with E-state index in [9.17, 15) is 14.4 Å². The third-order valence-electron chi connectivity index (χ3n) is 5.52. The third kappa shape index (κ3) is 5.04. The largest absolute Gasteiger partial charge is 0.331 e. The molecule has 1 heterocycles. The maximum atomic E-state index is 13.2. The van der Waals surface area contributed by atoms with E-state index in [1.54, 1.807) is 31.3 Å². The number of para-hydroxylation sites is 1. The highest BCUT2D eigenvalue weighted by atomic mass is 16.2. The number of carbonyl (C=O) groups is 2. The smallest absolute Gasteiger partial charge is 0.275 e. The molecule has 0 fully saturated rings. The molecule has 1 N–H and O–H groups in total. The van der Waals surface area contributed by atoms with Gasteiger partial charge in [0.1, 0.15) is 0 Å². The molecule has 3 rings (SSSR count). The van der Waals surface area contributed by atoms with Crippen LogP contribution in [0.3, 0.4) is 0 Å². The highest BCUT2D eigenvalue weighted by Crippen LogP contribution is 2.20. The van der Waals surface area contributed by atoms with Crippen LogP contribution in [0.15, 0.2) is 47.3 Å². The molecule has 168 valence electrons. The van der Waals surface area contributed by atoms with Gasteiger partial charge in [0.05, 0.1) is 11.9 Å². The van der Waals surface area contributed by atoms with E-state index in [1.165, 1.54) is 9.58 Å². The van der Waals surface area contributed by atoms with Gasteiger partial charge in [-0.15, -0.1) is 0 Å². The molecule has 0 spiro atoms. The van der Waals surface area contributed by atoms with Crippen molar-refractivity contribution in [1.29, 1.82) is 0 Å². The number of carbonyl (C=O) groups excluding carboxylic acids is 2. The Hall–Kier alpha value is -3.48. The van der Waals surface area contributed by atoms with E-state index in [1.807, 2.05) is 32.0 Å². The second kappa shape index (κ2) is 10.2. The highest BCUT2D eigenvalue weighted by molar-refractivity contribution is 6.06. The molecule has 0 aliphatic heterocycles. The third-order valence-corrected chi connectivity index (χ3v) is 5.52. The number of hydrogen-bond acceptors (Lipinski definition) is 4. The molecule has 3 aromatic rings. The van der Waals surface area contributed by atoms with Crippen LogP contribution in [-0.2, 0) is 11.3 Å². The van der Waals surface area contributed by atoms with Gasteiger partial charge in [-0.25, -0.2) is 4.68 Å². The van der Waals surface area contributed by atoms with Gasteiger partial charge >= 0.3 is 0 Å². The Labute approximate surface area is 188 Å². The number of nitrogens with zero attached hydrogens (tertiary/aromatic N) is 3. The van der Waals surface area contributed by atoms with Crippen LogP contribution in [-0.4, -0.2) is 40.1 Å². The van der Waals surface area contributed by atoms with Gasteiger partial charge in [-0.05, 0) is 37.5 Å². The Morgan fingerprint density at radius 2 is 1.66 bits per heavy atom. The van der Waals surface area contributed by atoms with Crippen LogP contribution >= 0.6 is 0 Å². The zero-order valence-electron chi connectivity index (χ0n) is 19.1. The van der Waals surface area contributed by atoms with Crippen molar-refractivity contribution in [3.8, 4) is 0 Å². The molecule has 0 atom stereocenters. The molecule has 0 aliphatic rings. The van der Waals surface area contributed by atoms with Crippen molar-refractivity contribution in [2.24, 2.45) is 0 Å². The molecule has 2 amide bonds. The number of hydrogen-bond donors (Lipinski definition) is 1. The van der Waals surface area contributed by atoms with Gasteiger partial charge < -0.3 is 10.2 Å². The number of anilines is 1. The Morgan fingerprint density at radius 3 is 2.31 bits per heavy atom. The fraction of sp³-hybridized carbons (Fsp3) is 0.360. The summed E-state index contributed by atoms with van der Waals surface area (Å²) in [5.74, 6) is -0.694. The van der Waals surface area contributed by atoms with Crippen molar-refractivity contribution in [2.75, 3.05) is 18.9 Å². The van der Waals surface area contributed by atoms with Gasteiger partial charge in [-0.2, -0.15) is 5.10 Å². The second-order valence-corrected chi connectivity index (χ2v) is 8.11. The molecular formula is C25H30N4O3. The second-order valence-electron chi connectivity index (χ2n) is 8.11. The van der Waals surface area contributed by atoms with Crippen LogP contribution < -0.4 is 10.9 Å². The van der Waals surface area contributed by atoms with Gasteiger partial charge in [-0.1, -0.05) is 56.2 Å². The number of aromatic nitrogens is 2. The Kier molecular flexibility index (Phi) is 7.41. The summed E-state index contributed by atoms with van der Waals surface area (Å²) in [7, 11) is 1.57. The predicted molar refractivity (Wildman–Crippen MR) is 127 cm³/mol. The lowest BCUT2D eigenvalue weighted by molar-refractivity contribution is -0.116. The summed E-state index contributed by atoms with van der Waals surface area (Å²) in [6.45, 7) is 6.26. The molecule has 32 heavy (non-hydrogen) atoms. The number of benzene rings is 2. The summed E-state index contributed by atoms with van der Waals surface area (Å²) < 4.78 is 1.37. The van der Waals surface area contributed by atoms with E-state index < -0.39 is 5.91 Å². The quantitative estimate of drug-likeness (QED) is 0.545. The van der Waals surface area contributed by atoms with Gasteiger partial charge in [0.2, 0.25) is 5.91 Å². The molecule has 0 aliphatic carbocycles. The van der Waals surface area contributed by atoms with Crippen molar-refractivity contribution in [2.45, 2.75) is 46.6 Å². The average molecular weight is 435 g/mol. The van der Waals surface area contributed by atoms with Crippen LogP contribution in [0.5, 0.6) is 0 Å². The molecule has 7 nitrogen and oxygen atoms in total. The molecular weight excluding hydrogens is 404 g/mol. The number of fused-ring (bicyclic) bond motifs is 1. The van der Waals surface area contributed by atoms with Crippen molar-refractivity contribution in [3.63, 3.8) is 0 Å². The molecule has 7 heteroatoms. The summed E-state index contributed by atoms with van der Waals surface area (Å²) in [5.41, 5.74) is 2.65. The normalized spacial score (nSPS) is 10.9. The van der Waals surface area contributed by atoms with Crippen LogP contribution in [0.1, 0.15) is 47.8 Å². The molecule has 0 unspecified atom stereocenters. The molecule has 2 aromatic carbocycles. The summed E-state index contributed by atoms with van der Waals surface area (Å²) in [6, 6.07) is 12.8. The lowest BCUT2D eigenvalue weighted by Gasteiger charge is -2.19. The van der Waals surface area contributed by atoms with Gasteiger partial charge in [0.25, 0.3) is 11.5 Å². The fourth-order valence-electron chi connectivity index (χ4n) is 3.71. The lowest BCUT2D eigenvalue weighted by atomic mass is 10.1.